The summed E-state index contributed by atoms with van der Waals surface area (Å²) in [5, 5.41) is 4.52. The number of rotatable bonds is 2. The van der Waals surface area contributed by atoms with Crippen LogP contribution in [0.5, 0.6) is 0 Å². The van der Waals surface area contributed by atoms with Gasteiger partial charge in [0.05, 0.1) is 11.2 Å². The molecule has 0 spiro atoms. The van der Waals surface area contributed by atoms with Crippen molar-refractivity contribution in [3.05, 3.63) is 0 Å². The van der Waals surface area contributed by atoms with Gasteiger partial charge in [-0.25, -0.2) is 17.9 Å². The van der Waals surface area contributed by atoms with Crippen LogP contribution in [0, 0.1) is 5.41 Å². The van der Waals surface area contributed by atoms with Crippen LogP contribution in [0.3, 0.4) is 0 Å². The third-order valence-corrected chi connectivity index (χ3v) is 3.26. The van der Waals surface area contributed by atoms with Gasteiger partial charge in [-0.05, 0) is 12.8 Å². The summed E-state index contributed by atoms with van der Waals surface area (Å²) in [6.45, 7) is 0. The van der Waals surface area contributed by atoms with E-state index in [1.807, 2.05) is 0 Å². The summed E-state index contributed by atoms with van der Waals surface area (Å²) in [5.74, 6) is -1.23. The highest BCUT2D eigenvalue weighted by molar-refractivity contribution is 7.89. The number of hydrogen-bond donors (Lipinski definition) is 1. The van der Waals surface area contributed by atoms with E-state index >= 15 is 0 Å². The lowest BCUT2D eigenvalue weighted by Crippen LogP contribution is -2.54. The van der Waals surface area contributed by atoms with Crippen molar-refractivity contribution in [2.24, 2.45) is 10.6 Å². The fourth-order valence-corrected chi connectivity index (χ4v) is 2.77. The van der Waals surface area contributed by atoms with Gasteiger partial charge in [0.15, 0.2) is 0 Å². The van der Waals surface area contributed by atoms with Gasteiger partial charge in [-0.1, -0.05) is 0 Å². The van der Waals surface area contributed by atoms with Crippen LogP contribution in [-0.2, 0) is 10.0 Å². The predicted molar refractivity (Wildman–Crippen MR) is 40.6 cm³/mol. The monoisotopic (exact) mass is 235 g/mol. The Labute approximate surface area is 78.3 Å². The first-order valence-corrected chi connectivity index (χ1v) is 5.49. The van der Waals surface area contributed by atoms with Crippen LogP contribution in [0.25, 0.3) is 0 Å². The summed E-state index contributed by atoms with van der Waals surface area (Å²) in [6.07, 6.45) is -7.93. The van der Waals surface area contributed by atoms with Gasteiger partial charge < -0.3 is 0 Å². The van der Waals surface area contributed by atoms with Gasteiger partial charge in [-0.2, -0.15) is 13.2 Å². The van der Waals surface area contributed by atoms with Gasteiger partial charge in [-0.3, -0.25) is 0 Å². The molecule has 14 heavy (non-hydrogen) atoms. The van der Waals surface area contributed by atoms with E-state index in [1.54, 1.807) is 0 Å². The van der Waals surface area contributed by atoms with E-state index in [-0.39, 0.29) is 0 Å². The topological polar surface area (TPSA) is 60.2 Å². The first kappa shape index (κ1) is 11.7. The molecule has 1 aliphatic rings. The lowest BCUT2D eigenvalue weighted by Gasteiger charge is -2.44. The first-order chi connectivity index (χ1) is 6.06. The van der Waals surface area contributed by atoms with E-state index in [0.717, 1.165) is 0 Å². The lowest BCUT2D eigenvalue weighted by atomic mass is 9.68. The van der Waals surface area contributed by atoms with E-state index in [4.69, 9.17) is 0 Å². The predicted octanol–water partition coefficient (Wildman–Crippen LogP) is 0.956. The number of nitrogens with two attached hydrogens (primary N) is 1. The molecule has 0 radical (unpaired) electrons. The molecule has 0 saturated heterocycles. The maximum absolute atomic E-state index is 12.4. The molecule has 8 heteroatoms. The molecular weight excluding hydrogens is 226 g/mol. The standard InChI is InChI=1S/C6H9F4NO2S/c7-4-1-5(2-4,6(8,9)10)3-14(11,12)13/h4H,1-3H2,(H2,11,12,13). The molecule has 1 aliphatic carbocycles. The smallest absolute Gasteiger partial charge is 0.247 e. The van der Waals surface area contributed by atoms with Crippen molar-refractivity contribution in [3.63, 3.8) is 0 Å². The van der Waals surface area contributed by atoms with E-state index < -0.39 is 46.4 Å². The Kier molecular flexibility index (Phi) is 2.56. The van der Waals surface area contributed by atoms with Gasteiger partial charge in [0.1, 0.15) is 6.17 Å². The van der Waals surface area contributed by atoms with E-state index in [2.05, 4.69) is 5.14 Å². The third kappa shape index (κ3) is 2.17. The largest absolute Gasteiger partial charge is 0.395 e. The Hall–Kier alpha value is -0.370. The average molecular weight is 235 g/mol. The summed E-state index contributed by atoms with van der Waals surface area (Å²) in [4.78, 5) is 0. The molecule has 0 unspecified atom stereocenters. The number of primary sulfonamides is 1. The highest BCUT2D eigenvalue weighted by Gasteiger charge is 2.63. The molecule has 0 bridgehead atoms. The molecule has 0 aromatic carbocycles. The van der Waals surface area contributed by atoms with Crippen molar-refractivity contribution in [2.75, 3.05) is 5.75 Å². The number of halogens is 4. The summed E-state index contributed by atoms with van der Waals surface area (Å²) in [7, 11) is -4.24. The fourth-order valence-electron chi connectivity index (χ4n) is 1.60. The van der Waals surface area contributed by atoms with Crippen molar-refractivity contribution in [1.82, 2.24) is 0 Å². The van der Waals surface area contributed by atoms with Crippen LogP contribution in [0.15, 0.2) is 0 Å². The summed E-state index contributed by atoms with van der Waals surface area (Å²) in [6, 6.07) is 0. The molecule has 2 N–H and O–H groups in total. The van der Waals surface area contributed by atoms with E-state index in [1.165, 1.54) is 0 Å². The van der Waals surface area contributed by atoms with Crippen molar-refractivity contribution in [2.45, 2.75) is 25.2 Å². The fraction of sp³-hybridized carbons (Fsp3) is 1.00. The first-order valence-electron chi connectivity index (χ1n) is 3.77. The second-order valence-electron chi connectivity index (χ2n) is 3.59. The highest BCUT2D eigenvalue weighted by atomic mass is 32.2. The highest BCUT2D eigenvalue weighted by Crippen LogP contribution is 2.54. The quantitative estimate of drug-likeness (QED) is 0.724. The van der Waals surface area contributed by atoms with Gasteiger partial charge in [-0.15, -0.1) is 0 Å². The zero-order chi connectivity index (χ0) is 11.2. The summed E-state index contributed by atoms with van der Waals surface area (Å²) >= 11 is 0. The van der Waals surface area contributed by atoms with Crippen LogP contribution in [0.2, 0.25) is 0 Å². The van der Waals surface area contributed by atoms with Crippen LogP contribution in [0.1, 0.15) is 12.8 Å². The molecule has 0 atom stereocenters. The molecule has 0 heterocycles. The molecule has 84 valence electrons. The molecule has 1 saturated carbocycles. The van der Waals surface area contributed by atoms with Crippen molar-refractivity contribution in [1.29, 1.82) is 0 Å². The summed E-state index contributed by atoms with van der Waals surface area (Å²) in [5.41, 5.74) is -2.47. The van der Waals surface area contributed by atoms with Crippen molar-refractivity contribution in [3.8, 4) is 0 Å². The van der Waals surface area contributed by atoms with Crippen molar-refractivity contribution < 1.29 is 26.0 Å². The molecule has 0 aromatic rings. The third-order valence-electron chi connectivity index (χ3n) is 2.30. The summed E-state index contributed by atoms with van der Waals surface area (Å²) < 4.78 is 70.6. The van der Waals surface area contributed by atoms with E-state index in [0.29, 0.717) is 0 Å². The minimum atomic E-state index is -4.72. The average Bonchev–Trinajstić information content (AvgIpc) is 1.76. The molecule has 1 rings (SSSR count). The number of sulfonamides is 1. The lowest BCUT2D eigenvalue weighted by molar-refractivity contribution is -0.255. The molecule has 0 aliphatic heterocycles. The second-order valence-corrected chi connectivity index (χ2v) is 5.21. The number of hydrogen-bond acceptors (Lipinski definition) is 2. The SMILES string of the molecule is NS(=O)(=O)CC1(C(F)(F)F)CC(F)C1. The molecule has 1 fully saturated rings. The Morgan fingerprint density at radius 3 is 2.00 bits per heavy atom. The van der Waals surface area contributed by atoms with Crippen molar-refractivity contribution >= 4 is 10.0 Å². The Bertz CT molecular complexity index is 317. The maximum atomic E-state index is 12.4. The Morgan fingerprint density at radius 2 is 1.79 bits per heavy atom. The van der Waals surface area contributed by atoms with Crippen LogP contribution in [-0.4, -0.2) is 26.5 Å². The van der Waals surface area contributed by atoms with Crippen LogP contribution in [0.4, 0.5) is 17.6 Å². The molecule has 0 amide bonds. The maximum Gasteiger partial charge on any atom is 0.395 e. The molecule has 0 aromatic heterocycles. The van der Waals surface area contributed by atoms with Gasteiger partial charge in [0, 0.05) is 0 Å². The Balaban J connectivity index is 2.87. The van der Waals surface area contributed by atoms with Gasteiger partial charge >= 0.3 is 6.18 Å². The number of alkyl halides is 4. The second kappa shape index (κ2) is 3.06. The minimum absolute atomic E-state index is 0.813. The normalized spacial score (nSPS) is 33.9. The van der Waals surface area contributed by atoms with Gasteiger partial charge in [0.2, 0.25) is 10.0 Å². The van der Waals surface area contributed by atoms with E-state index in [9.17, 15) is 26.0 Å². The minimum Gasteiger partial charge on any atom is -0.247 e. The van der Waals surface area contributed by atoms with Crippen LogP contribution >= 0.6 is 0 Å². The molecular formula is C6H9F4NO2S. The zero-order valence-corrected chi connectivity index (χ0v) is 7.83. The van der Waals surface area contributed by atoms with Gasteiger partial charge in [0.25, 0.3) is 0 Å². The Morgan fingerprint density at radius 1 is 1.36 bits per heavy atom. The zero-order valence-electron chi connectivity index (χ0n) is 7.01. The molecule has 3 nitrogen and oxygen atoms in total. The van der Waals surface area contributed by atoms with Crippen LogP contribution < -0.4 is 5.14 Å².